The van der Waals surface area contributed by atoms with Crippen molar-refractivity contribution < 1.29 is 19.5 Å². The molecule has 0 aromatic heterocycles. The number of benzene rings is 1. The zero-order valence-electron chi connectivity index (χ0n) is 15.5. The van der Waals surface area contributed by atoms with Gasteiger partial charge in [-0.1, -0.05) is 44.2 Å². The highest BCUT2D eigenvalue weighted by molar-refractivity contribution is 6.04. The molecule has 6 nitrogen and oxygen atoms in total. The van der Waals surface area contributed by atoms with Gasteiger partial charge in [-0.05, 0) is 37.8 Å². The first-order chi connectivity index (χ1) is 13.1. The third-order valence-electron chi connectivity index (χ3n) is 5.78. The monoisotopic (exact) mass is 371 g/mol. The topological polar surface area (TPSA) is 98.3 Å². The Hall–Kier alpha value is -2.37. The van der Waals surface area contributed by atoms with Crippen LogP contribution in [-0.4, -0.2) is 23.8 Å². The average Bonchev–Trinajstić information content (AvgIpc) is 2.69. The molecule has 0 saturated heterocycles. The molecule has 0 spiro atoms. The van der Waals surface area contributed by atoms with E-state index in [0.717, 1.165) is 38.5 Å². The Labute approximate surface area is 159 Å². The fourth-order valence-electron chi connectivity index (χ4n) is 4.25. The van der Waals surface area contributed by atoms with Gasteiger partial charge in [0.05, 0.1) is 11.3 Å². The lowest BCUT2D eigenvalue weighted by Crippen LogP contribution is -2.42. The minimum Gasteiger partial charge on any atom is -0.550 e. The predicted molar refractivity (Wildman–Crippen MR) is 99.9 cm³/mol. The summed E-state index contributed by atoms with van der Waals surface area (Å²) in [4.78, 5) is 36.8. The Bertz CT molecular complexity index is 697. The molecule has 27 heavy (non-hydrogen) atoms. The molecule has 2 saturated carbocycles. The molecule has 146 valence electrons. The average molecular weight is 371 g/mol. The molecular weight excluding hydrogens is 344 g/mol. The van der Waals surface area contributed by atoms with Crippen LogP contribution in [0.25, 0.3) is 0 Å². The second-order valence-corrected chi connectivity index (χ2v) is 7.66. The number of hydrogen-bond donors (Lipinski definition) is 2. The normalized spacial score (nSPS) is 23.4. The third-order valence-corrected chi connectivity index (χ3v) is 5.78. The van der Waals surface area contributed by atoms with Gasteiger partial charge >= 0.3 is 0 Å². The second-order valence-electron chi connectivity index (χ2n) is 7.66. The van der Waals surface area contributed by atoms with Crippen molar-refractivity contribution in [1.29, 1.82) is 0 Å². The van der Waals surface area contributed by atoms with Crippen LogP contribution in [0.2, 0.25) is 0 Å². The Kier molecular flexibility index (Phi) is 6.48. The number of carbonyl (C=O) groups excluding carboxylic acids is 3. The summed E-state index contributed by atoms with van der Waals surface area (Å²) in [6.07, 6.45) is 8.02. The quantitative estimate of drug-likeness (QED) is 0.829. The lowest BCUT2D eigenvalue weighted by Gasteiger charge is -2.31. The molecule has 1 aromatic rings. The van der Waals surface area contributed by atoms with E-state index in [1.54, 1.807) is 24.3 Å². The highest BCUT2D eigenvalue weighted by Crippen LogP contribution is 2.31. The summed E-state index contributed by atoms with van der Waals surface area (Å²) in [7, 11) is 0. The number of para-hydroxylation sites is 1. The molecule has 6 heteroatoms. The number of carbonyl (C=O) groups is 3. The molecule has 2 aliphatic rings. The Morgan fingerprint density at radius 2 is 1.48 bits per heavy atom. The summed E-state index contributed by atoms with van der Waals surface area (Å²) < 4.78 is 0. The number of carboxylic acids is 1. The van der Waals surface area contributed by atoms with Gasteiger partial charge in [0.15, 0.2) is 0 Å². The van der Waals surface area contributed by atoms with E-state index in [1.165, 1.54) is 6.42 Å². The molecule has 0 aliphatic heterocycles. The van der Waals surface area contributed by atoms with Gasteiger partial charge in [-0.3, -0.25) is 9.59 Å². The molecule has 0 unspecified atom stereocenters. The zero-order chi connectivity index (χ0) is 19.2. The maximum atomic E-state index is 12.7. The number of hydrogen-bond acceptors (Lipinski definition) is 4. The molecule has 0 heterocycles. The molecule has 2 fully saturated rings. The first-order valence-electron chi connectivity index (χ1n) is 9.98. The van der Waals surface area contributed by atoms with E-state index in [9.17, 15) is 19.5 Å². The van der Waals surface area contributed by atoms with Crippen molar-refractivity contribution in [2.75, 3.05) is 5.32 Å². The second kappa shape index (κ2) is 9.02. The van der Waals surface area contributed by atoms with Crippen LogP contribution in [0.3, 0.4) is 0 Å². The fraction of sp³-hybridized carbons (Fsp3) is 0.571. The Morgan fingerprint density at radius 1 is 0.852 bits per heavy atom. The van der Waals surface area contributed by atoms with Gasteiger partial charge in [-0.2, -0.15) is 0 Å². The summed E-state index contributed by atoms with van der Waals surface area (Å²) in [5.41, 5.74) is 0.843. The van der Waals surface area contributed by atoms with E-state index in [-0.39, 0.29) is 17.9 Å². The number of carboxylic acid groups (broad SMARTS) is 1. The maximum Gasteiger partial charge on any atom is 0.253 e. The van der Waals surface area contributed by atoms with E-state index in [2.05, 4.69) is 10.6 Å². The van der Waals surface area contributed by atoms with Crippen LogP contribution in [0, 0.1) is 11.8 Å². The summed E-state index contributed by atoms with van der Waals surface area (Å²) in [6, 6.07) is 7.06. The molecule has 2 amide bonds. The minimum absolute atomic E-state index is 0.177. The van der Waals surface area contributed by atoms with Gasteiger partial charge in [0.1, 0.15) is 0 Å². The summed E-state index contributed by atoms with van der Waals surface area (Å²) in [5, 5.41) is 17.2. The van der Waals surface area contributed by atoms with Gasteiger partial charge < -0.3 is 20.5 Å². The molecular formula is C21H27N2O4-. The third kappa shape index (κ3) is 4.87. The molecule has 2 aliphatic carbocycles. The van der Waals surface area contributed by atoms with Crippen LogP contribution in [0.5, 0.6) is 0 Å². The van der Waals surface area contributed by atoms with E-state index >= 15 is 0 Å². The molecule has 3 rings (SSSR count). The lowest BCUT2D eigenvalue weighted by atomic mass is 9.78. The Morgan fingerprint density at radius 3 is 2.19 bits per heavy atom. The highest BCUT2D eigenvalue weighted by atomic mass is 16.4. The van der Waals surface area contributed by atoms with Crippen molar-refractivity contribution in [1.82, 2.24) is 5.32 Å². The number of nitrogens with one attached hydrogen (secondary N) is 2. The van der Waals surface area contributed by atoms with Gasteiger partial charge in [-0.25, -0.2) is 0 Å². The molecule has 2 N–H and O–H groups in total. The first-order valence-corrected chi connectivity index (χ1v) is 9.98. The molecule has 0 radical (unpaired) electrons. The van der Waals surface area contributed by atoms with E-state index in [0.29, 0.717) is 24.1 Å². The van der Waals surface area contributed by atoms with Crippen LogP contribution in [0.1, 0.15) is 68.1 Å². The molecule has 1 aromatic carbocycles. The van der Waals surface area contributed by atoms with Crippen LogP contribution in [0.4, 0.5) is 5.69 Å². The van der Waals surface area contributed by atoms with E-state index in [4.69, 9.17) is 0 Å². The molecule has 0 bridgehead atoms. The number of amides is 2. The highest BCUT2D eigenvalue weighted by Gasteiger charge is 2.32. The number of anilines is 1. The fourth-order valence-corrected chi connectivity index (χ4v) is 4.25. The van der Waals surface area contributed by atoms with Gasteiger partial charge in [0.25, 0.3) is 5.91 Å². The van der Waals surface area contributed by atoms with Crippen LogP contribution in [-0.2, 0) is 9.59 Å². The lowest BCUT2D eigenvalue weighted by molar-refractivity contribution is -0.313. The van der Waals surface area contributed by atoms with Crippen molar-refractivity contribution in [3.05, 3.63) is 29.8 Å². The van der Waals surface area contributed by atoms with E-state index < -0.39 is 17.8 Å². The van der Waals surface area contributed by atoms with Gasteiger partial charge in [-0.15, -0.1) is 0 Å². The standard InChI is InChI=1S/C21H28N2O4/c24-19(15-10-4-5-11-16(15)21(26)27)23-18-13-7-6-12-17(18)20(25)22-14-8-2-1-3-9-14/h6-7,12-16H,1-5,8-11H2,(H,22,25)(H,23,24)(H,26,27)/p-1/t15-,16-/m0/s1. The van der Waals surface area contributed by atoms with Crippen molar-refractivity contribution in [3.8, 4) is 0 Å². The smallest absolute Gasteiger partial charge is 0.253 e. The Balaban J connectivity index is 1.70. The van der Waals surface area contributed by atoms with Crippen molar-refractivity contribution >= 4 is 23.5 Å². The number of rotatable bonds is 5. The summed E-state index contributed by atoms with van der Waals surface area (Å²) in [5.74, 6) is -3.09. The molecule has 2 atom stereocenters. The summed E-state index contributed by atoms with van der Waals surface area (Å²) >= 11 is 0. The van der Waals surface area contributed by atoms with Crippen molar-refractivity contribution in [3.63, 3.8) is 0 Å². The SMILES string of the molecule is O=C(NC1CCCCC1)c1ccccc1NC(=O)[C@H]1CCCC[C@@H]1C(=O)[O-]. The van der Waals surface area contributed by atoms with Crippen LogP contribution in [0.15, 0.2) is 24.3 Å². The zero-order valence-corrected chi connectivity index (χ0v) is 15.5. The van der Waals surface area contributed by atoms with Gasteiger partial charge in [0, 0.05) is 23.8 Å². The summed E-state index contributed by atoms with van der Waals surface area (Å²) in [6.45, 7) is 0. The maximum absolute atomic E-state index is 12.7. The first kappa shape index (κ1) is 19.4. The van der Waals surface area contributed by atoms with Crippen molar-refractivity contribution in [2.45, 2.75) is 63.8 Å². The van der Waals surface area contributed by atoms with Crippen molar-refractivity contribution in [2.24, 2.45) is 11.8 Å². The minimum atomic E-state index is -1.17. The van der Waals surface area contributed by atoms with E-state index in [1.807, 2.05) is 0 Å². The van der Waals surface area contributed by atoms with Crippen LogP contribution < -0.4 is 15.7 Å². The van der Waals surface area contributed by atoms with Gasteiger partial charge in [0.2, 0.25) is 5.91 Å². The predicted octanol–water partition coefficient (Wildman–Crippen LogP) is 2.24. The van der Waals surface area contributed by atoms with Crippen LogP contribution >= 0.6 is 0 Å². The largest absolute Gasteiger partial charge is 0.550 e. The number of aliphatic carboxylic acids is 1.